The molecular weight excluding hydrogens is 490 g/mol. The topological polar surface area (TPSA) is 109 Å². The van der Waals surface area contributed by atoms with Crippen LogP contribution in [0.3, 0.4) is 0 Å². The van der Waals surface area contributed by atoms with Crippen molar-refractivity contribution in [1.82, 2.24) is 9.55 Å². The third kappa shape index (κ3) is 5.34. The van der Waals surface area contributed by atoms with Crippen molar-refractivity contribution in [3.63, 3.8) is 0 Å². The van der Waals surface area contributed by atoms with Crippen molar-refractivity contribution >= 4 is 21.7 Å². The molecule has 33 heavy (non-hydrogen) atoms. The number of aliphatic hydroxyl groups is 1. The summed E-state index contributed by atoms with van der Waals surface area (Å²) in [5.41, 5.74) is 6.03. The van der Waals surface area contributed by atoms with Gasteiger partial charge in [0.05, 0.1) is 24.3 Å². The van der Waals surface area contributed by atoms with Crippen LogP contribution in [0.25, 0.3) is 0 Å². The summed E-state index contributed by atoms with van der Waals surface area (Å²) in [6, 6.07) is 19.4. The Morgan fingerprint density at radius 2 is 1.73 bits per heavy atom. The van der Waals surface area contributed by atoms with Crippen LogP contribution < -0.4 is 11.4 Å². The maximum absolute atomic E-state index is 12.5. The van der Waals surface area contributed by atoms with Crippen LogP contribution in [0.4, 0.5) is 5.82 Å². The van der Waals surface area contributed by atoms with E-state index in [1.54, 1.807) is 0 Å². The fraction of sp³-hybridized carbons (Fsp3) is 0.333. The molecule has 0 unspecified atom stereocenters. The van der Waals surface area contributed by atoms with Crippen molar-refractivity contribution in [3.05, 3.63) is 92.9 Å². The minimum Gasteiger partial charge on any atom is -0.386 e. The van der Waals surface area contributed by atoms with Gasteiger partial charge in [-0.25, -0.2) is 4.79 Å². The predicted octanol–water partition coefficient (Wildman–Crippen LogP) is 3.04. The van der Waals surface area contributed by atoms with Gasteiger partial charge in [0.1, 0.15) is 23.6 Å². The summed E-state index contributed by atoms with van der Waals surface area (Å²) >= 11 is 3.28. The van der Waals surface area contributed by atoms with E-state index in [1.807, 2.05) is 67.6 Å². The Labute approximate surface area is 200 Å². The molecule has 2 aromatic carbocycles. The minimum atomic E-state index is -1.14. The molecule has 3 N–H and O–H groups in total. The Morgan fingerprint density at radius 3 is 2.36 bits per heavy atom. The minimum absolute atomic E-state index is 0.0644. The van der Waals surface area contributed by atoms with Crippen molar-refractivity contribution in [1.29, 1.82) is 0 Å². The van der Waals surface area contributed by atoms with E-state index in [0.717, 1.165) is 11.1 Å². The smallest absolute Gasteiger partial charge is 0.351 e. The first-order valence-corrected chi connectivity index (χ1v) is 11.3. The Hall–Kier alpha value is -2.56. The number of halogens is 1. The molecule has 4 rings (SSSR count). The molecule has 1 saturated heterocycles. The van der Waals surface area contributed by atoms with Crippen LogP contribution in [0, 0.1) is 0 Å². The van der Waals surface area contributed by atoms with E-state index in [1.165, 1.54) is 10.8 Å². The van der Waals surface area contributed by atoms with Crippen molar-refractivity contribution in [2.45, 2.75) is 44.2 Å². The molecule has 174 valence electrons. The van der Waals surface area contributed by atoms with Crippen molar-refractivity contribution in [2.75, 3.05) is 12.3 Å². The second kappa shape index (κ2) is 10.1. The standard InChI is InChI=1S/C24H26BrN3O5/c1-24(15-31-13-16-8-4-2-5-9-16)20(32-14-17-10-6-3-7-11-17)19(29)22(33-24)28-12-18(25)21(26)27-23(28)30/h2-12,19-20,22,29H,13-15H2,1H3,(H2,26,27,30)/t19-,20+,22-,24-/m1/s1. The largest absolute Gasteiger partial charge is 0.386 e. The van der Waals surface area contributed by atoms with Crippen LogP contribution in [0.5, 0.6) is 0 Å². The zero-order valence-electron chi connectivity index (χ0n) is 18.1. The van der Waals surface area contributed by atoms with Crippen molar-refractivity contribution in [3.8, 4) is 0 Å². The molecule has 9 heteroatoms. The van der Waals surface area contributed by atoms with Gasteiger partial charge < -0.3 is 25.1 Å². The highest BCUT2D eigenvalue weighted by atomic mass is 79.9. The molecule has 0 radical (unpaired) electrons. The molecule has 0 saturated carbocycles. The molecule has 0 bridgehead atoms. The van der Waals surface area contributed by atoms with Crippen molar-refractivity contribution in [2.24, 2.45) is 0 Å². The third-order valence-electron chi connectivity index (χ3n) is 5.58. The lowest BCUT2D eigenvalue weighted by molar-refractivity contribution is -0.147. The van der Waals surface area contributed by atoms with Gasteiger partial charge in [0.25, 0.3) is 0 Å². The van der Waals surface area contributed by atoms with Crippen LogP contribution >= 0.6 is 15.9 Å². The number of hydrogen-bond donors (Lipinski definition) is 2. The SMILES string of the molecule is C[C@]1(COCc2ccccc2)O[C@@H](n2cc(Br)c(N)nc2=O)[C@H](O)[C@@H]1OCc1ccccc1. The Kier molecular flexibility index (Phi) is 7.26. The molecule has 0 amide bonds. The molecule has 0 spiro atoms. The molecule has 1 aromatic heterocycles. The molecule has 4 atom stereocenters. The molecule has 1 aliphatic rings. The number of rotatable bonds is 8. The van der Waals surface area contributed by atoms with E-state index in [0.29, 0.717) is 11.1 Å². The maximum atomic E-state index is 12.5. The lowest BCUT2D eigenvalue weighted by Crippen LogP contribution is -2.46. The Bertz CT molecular complexity index is 1130. The molecule has 2 heterocycles. The van der Waals surface area contributed by atoms with Crippen LogP contribution in [-0.2, 0) is 27.4 Å². The number of hydrogen-bond acceptors (Lipinski definition) is 7. The summed E-state index contributed by atoms with van der Waals surface area (Å²) in [5, 5.41) is 11.2. The van der Waals surface area contributed by atoms with E-state index >= 15 is 0 Å². The molecular formula is C24H26BrN3O5. The average Bonchev–Trinajstić information content (AvgIpc) is 3.06. The summed E-state index contributed by atoms with van der Waals surface area (Å²) in [5.74, 6) is 0.0644. The number of aromatic nitrogens is 2. The second-order valence-corrected chi connectivity index (χ2v) is 9.03. The normalized spacial score (nSPS) is 24.8. The van der Waals surface area contributed by atoms with Gasteiger partial charge in [-0.2, -0.15) is 4.98 Å². The van der Waals surface area contributed by atoms with Gasteiger partial charge in [-0.1, -0.05) is 60.7 Å². The fourth-order valence-corrected chi connectivity index (χ4v) is 4.19. The summed E-state index contributed by atoms with van der Waals surface area (Å²) in [7, 11) is 0. The first kappa shape index (κ1) is 23.6. The van der Waals surface area contributed by atoms with Crippen LogP contribution in [0.15, 0.2) is 76.1 Å². The van der Waals surface area contributed by atoms with Gasteiger partial charge in [0.2, 0.25) is 0 Å². The summed E-state index contributed by atoms with van der Waals surface area (Å²) in [6.07, 6.45) is -1.47. The predicted molar refractivity (Wildman–Crippen MR) is 126 cm³/mol. The summed E-state index contributed by atoms with van der Waals surface area (Å²) in [4.78, 5) is 16.3. The van der Waals surface area contributed by atoms with E-state index in [9.17, 15) is 9.90 Å². The van der Waals surface area contributed by atoms with Crippen molar-refractivity contribution < 1.29 is 19.3 Å². The summed E-state index contributed by atoms with van der Waals surface area (Å²) < 4.78 is 19.9. The number of benzene rings is 2. The van der Waals surface area contributed by atoms with E-state index in [-0.39, 0.29) is 19.0 Å². The zero-order valence-corrected chi connectivity index (χ0v) is 19.7. The van der Waals surface area contributed by atoms with Gasteiger partial charge >= 0.3 is 5.69 Å². The Morgan fingerprint density at radius 1 is 1.12 bits per heavy atom. The van der Waals surface area contributed by atoms with E-state index in [4.69, 9.17) is 19.9 Å². The first-order chi connectivity index (χ1) is 15.9. The number of anilines is 1. The van der Waals surface area contributed by atoms with Crippen LogP contribution in [0.2, 0.25) is 0 Å². The molecule has 0 aliphatic carbocycles. The monoisotopic (exact) mass is 515 g/mol. The molecule has 8 nitrogen and oxygen atoms in total. The van der Waals surface area contributed by atoms with Gasteiger partial charge in [-0.05, 0) is 34.0 Å². The van der Waals surface area contributed by atoms with Gasteiger partial charge in [0, 0.05) is 6.20 Å². The lowest BCUT2D eigenvalue weighted by Gasteiger charge is -2.30. The number of ether oxygens (including phenoxy) is 3. The number of nitrogen functional groups attached to an aromatic ring is 1. The highest BCUT2D eigenvalue weighted by Crippen LogP contribution is 2.39. The fourth-order valence-electron chi connectivity index (χ4n) is 3.88. The number of nitrogens with zero attached hydrogens (tertiary/aromatic N) is 2. The summed E-state index contributed by atoms with van der Waals surface area (Å²) in [6.45, 7) is 2.60. The molecule has 1 fully saturated rings. The number of nitrogens with two attached hydrogens (primary N) is 1. The average molecular weight is 516 g/mol. The van der Waals surface area contributed by atoms with E-state index < -0.39 is 29.7 Å². The maximum Gasteiger partial charge on any atom is 0.351 e. The van der Waals surface area contributed by atoms with Gasteiger partial charge in [-0.3, -0.25) is 4.57 Å². The second-order valence-electron chi connectivity index (χ2n) is 8.17. The highest BCUT2D eigenvalue weighted by molar-refractivity contribution is 9.10. The van der Waals surface area contributed by atoms with E-state index in [2.05, 4.69) is 20.9 Å². The quantitative estimate of drug-likeness (QED) is 0.474. The molecule has 3 aromatic rings. The number of aliphatic hydroxyl groups excluding tert-OH is 1. The highest BCUT2D eigenvalue weighted by Gasteiger charge is 2.54. The lowest BCUT2D eigenvalue weighted by atomic mass is 9.98. The molecule has 1 aliphatic heterocycles. The third-order valence-corrected chi connectivity index (χ3v) is 6.19. The zero-order chi connectivity index (χ0) is 23.4. The van der Waals surface area contributed by atoms with Gasteiger partial charge in [0.15, 0.2) is 6.23 Å². The van der Waals surface area contributed by atoms with Crippen LogP contribution in [-0.4, -0.2) is 39.1 Å². The Balaban J connectivity index is 1.56. The van der Waals surface area contributed by atoms with Gasteiger partial charge in [-0.15, -0.1) is 0 Å². The van der Waals surface area contributed by atoms with Crippen LogP contribution in [0.1, 0.15) is 24.3 Å². The first-order valence-electron chi connectivity index (χ1n) is 10.5.